The first-order valence-corrected chi connectivity index (χ1v) is 9.59. The number of hydrogen-bond donors (Lipinski definition) is 1. The largest absolute Gasteiger partial charge is 0.494 e. The summed E-state index contributed by atoms with van der Waals surface area (Å²) in [6, 6.07) is 4.91. The Kier molecular flexibility index (Phi) is 8.45. The summed E-state index contributed by atoms with van der Waals surface area (Å²) in [5.41, 5.74) is 5.47. The molecule has 0 unspecified atom stereocenters. The number of halogens is 3. The molecule has 2 N–H and O–H groups in total. The second-order valence-electron chi connectivity index (χ2n) is 5.82. The lowest BCUT2D eigenvalue weighted by Crippen LogP contribution is -2.37. The fourth-order valence-corrected chi connectivity index (χ4v) is 4.06. The first-order chi connectivity index (χ1) is 13.1. The van der Waals surface area contributed by atoms with Crippen LogP contribution < -0.4 is 10.5 Å². The van der Waals surface area contributed by atoms with E-state index < -0.39 is 32.6 Å². The molecule has 12 heteroatoms. The second kappa shape index (κ2) is 9.92. The van der Waals surface area contributed by atoms with Gasteiger partial charge in [0.2, 0.25) is 10.0 Å². The second-order valence-corrected chi connectivity index (χ2v) is 7.76. The van der Waals surface area contributed by atoms with Gasteiger partial charge in [-0.1, -0.05) is 6.92 Å². The van der Waals surface area contributed by atoms with Gasteiger partial charge in [-0.15, -0.1) is 12.4 Å². The quantitative estimate of drug-likeness (QED) is 0.487. The molecule has 0 saturated heterocycles. The number of likely N-dealkylation sites (N-methyl/N-ethyl adjacent to an activating group) is 1. The first kappa shape index (κ1) is 24.7. The van der Waals surface area contributed by atoms with Crippen LogP contribution in [-0.2, 0) is 10.0 Å². The van der Waals surface area contributed by atoms with Crippen molar-refractivity contribution in [2.75, 3.05) is 20.2 Å². The maximum absolute atomic E-state index is 14.2. The van der Waals surface area contributed by atoms with Gasteiger partial charge in [-0.25, -0.2) is 17.2 Å². The number of rotatable bonds is 8. The van der Waals surface area contributed by atoms with E-state index in [2.05, 4.69) is 0 Å². The molecule has 0 heterocycles. The number of methoxy groups -OCH3 is 1. The van der Waals surface area contributed by atoms with E-state index in [1.165, 1.54) is 7.11 Å². The SMILES string of the molecule is CCN(C[C@@H](N)c1cc(F)c(OC)cc1F)S(=O)(=O)c1ccc([N+](=O)[O-])cc1.Cl. The Bertz CT molecular complexity index is 974. The van der Waals surface area contributed by atoms with Crippen LogP contribution in [0.25, 0.3) is 0 Å². The first-order valence-electron chi connectivity index (χ1n) is 8.15. The van der Waals surface area contributed by atoms with Crippen LogP contribution in [0.5, 0.6) is 5.75 Å². The zero-order valence-corrected chi connectivity index (χ0v) is 17.2. The van der Waals surface area contributed by atoms with E-state index >= 15 is 0 Å². The third-order valence-corrected chi connectivity index (χ3v) is 6.06. The van der Waals surface area contributed by atoms with Crippen LogP contribution in [0.1, 0.15) is 18.5 Å². The number of hydrogen-bond acceptors (Lipinski definition) is 6. The van der Waals surface area contributed by atoms with Crippen molar-refractivity contribution in [1.82, 2.24) is 4.31 Å². The molecule has 0 aromatic heterocycles. The van der Waals surface area contributed by atoms with Crippen molar-refractivity contribution >= 4 is 28.1 Å². The highest BCUT2D eigenvalue weighted by Crippen LogP contribution is 2.26. The van der Waals surface area contributed by atoms with Crippen molar-refractivity contribution in [3.63, 3.8) is 0 Å². The van der Waals surface area contributed by atoms with Crippen molar-refractivity contribution in [3.8, 4) is 5.75 Å². The summed E-state index contributed by atoms with van der Waals surface area (Å²) in [6.07, 6.45) is 0. The summed E-state index contributed by atoms with van der Waals surface area (Å²) < 4.78 is 59.3. The number of nitro groups is 1. The van der Waals surface area contributed by atoms with Crippen molar-refractivity contribution in [1.29, 1.82) is 0 Å². The van der Waals surface area contributed by atoms with Gasteiger partial charge in [-0.2, -0.15) is 4.31 Å². The number of ether oxygens (including phenoxy) is 1. The number of nitro benzene ring substituents is 1. The van der Waals surface area contributed by atoms with E-state index in [0.717, 1.165) is 40.7 Å². The lowest BCUT2D eigenvalue weighted by atomic mass is 10.1. The van der Waals surface area contributed by atoms with Crippen molar-refractivity contribution in [2.45, 2.75) is 17.9 Å². The summed E-state index contributed by atoms with van der Waals surface area (Å²) in [6.45, 7) is 1.24. The molecule has 0 spiro atoms. The highest BCUT2D eigenvalue weighted by molar-refractivity contribution is 7.89. The smallest absolute Gasteiger partial charge is 0.269 e. The number of nitrogens with zero attached hydrogens (tertiary/aromatic N) is 2. The molecular formula is C17H20ClF2N3O5S. The maximum Gasteiger partial charge on any atom is 0.269 e. The van der Waals surface area contributed by atoms with Crippen LogP contribution in [0.4, 0.5) is 14.5 Å². The molecule has 0 radical (unpaired) electrons. The van der Waals surface area contributed by atoms with Crippen LogP contribution in [0.15, 0.2) is 41.3 Å². The summed E-state index contributed by atoms with van der Waals surface area (Å²) in [5.74, 6) is -1.94. The normalized spacial score (nSPS) is 12.3. The number of sulfonamides is 1. The van der Waals surface area contributed by atoms with Gasteiger partial charge >= 0.3 is 0 Å². The Morgan fingerprint density at radius 1 is 1.21 bits per heavy atom. The minimum Gasteiger partial charge on any atom is -0.494 e. The molecule has 0 bridgehead atoms. The predicted octanol–water partition coefficient (Wildman–Crippen LogP) is 3.01. The zero-order valence-electron chi connectivity index (χ0n) is 15.5. The molecule has 29 heavy (non-hydrogen) atoms. The van der Waals surface area contributed by atoms with Gasteiger partial charge < -0.3 is 10.5 Å². The van der Waals surface area contributed by atoms with Crippen LogP contribution >= 0.6 is 12.4 Å². The summed E-state index contributed by atoms with van der Waals surface area (Å²) in [5, 5.41) is 10.7. The molecule has 0 aliphatic carbocycles. The monoisotopic (exact) mass is 451 g/mol. The minimum atomic E-state index is -4.04. The molecule has 8 nitrogen and oxygen atoms in total. The van der Waals surface area contributed by atoms with E-state index in [4.69, 9.17) is 10.5 Å². The Balaban J connectivity index is 0.00000420. The summed E-state index contributed by atoms with van der Waals surface area (Å²) in [7, 11) is -2.86. The van der Waals surface area contributed by atoms with E-state index in [1.807, 2.05) is 0 Å². The average Bonchev–Trinajstić information content (AvgIpc) is 2.67. The van der Waals surface area contributed by atoms with E-state index in [1.54, 1.807) is 6.92 Å². The molecule has 0 saturated carbocycles. The lowest BCUT2D eigenvalue weighted by Gasteiger charge is -2.24. The predicted molar refractivity (Wildman–Crippen MR) is 105 cm³/mol. The van der Waals surface area contributed by atoms with Crippen LogP contribution in [0, 0.1) is 21.7 Å². The number of benzene rings is 2. The van der Waals surface area contributed by atoms with Gasteiger partial charge in [0.1, 0.15) is 5.82 Å². The molecule has 0 aliphatic rings. The molecule has 2 aromatic rings. The fraction of sp³-hybridized carbons (Fsp3) is 0.294. The molecule has 2 aromatic carbocycles. The molecule has 160 valence electrons. The lowest BCUT2D eigenvalue weighted by molar-refractivity contribution is -0.384. The van der Waals surface area contributed by atoms with Crippen molar-refractivity contribution in [2.24, 2.45) is 5.73 Å². The van der Waals surface area contributed by atoms with Crippen molar-refractivity contribution in [3.05, 3.63) is 63.7 Å². The van der Waals surface area contributed by atoms with Crippen LogP contribution in [0.3, 0.4) is 0 Å². The van der Waals surface area contributed by atoms with E-state index in [0.29, 0.717) is 0 Å². The summed E-state index contributed by atoms with van der Waals surface area (Å²) >= 11 is 0. The fourth-order valence-electron chi connectivity index (χ4n) is 2.59. The molecule has 0 amide bonds. The Morgan fingerprint density at radius 3 is 2.28 bits per heavy atom. The van der Waals surface area contributed by atoms with Gasteiger partial charge in [-0.3, -0.25) is 10.1 Å². The molecule has 0 aliphatic heterocycles. The Hall–Kier alpha value is -2.34. The number of non-ortho nitro benzene ring substituents is 1. The summed E-state index contributed by atoms with van der Waals surface area (Å²) in [4.78, 5) is 9.89. The zero-order chi connectivity index (χ0) is 21.1. The topological polar surface area (TPSA) is 116 Å². The molecular weight excluding hydrogens is 432 g/mol. The molecule has 0 fully saturated rings. The highest BCUT2D eigenvalue weighted by Gasteiger charge is 2.27. The third-order valence-electron chi connectivity index (χ3n) is 4.11. The van der Waals surface area contributed by atoms with E-state index in [9.17, 15) is 27.3 Å². The van der Waals surface area contributed by atoms with Gasteiger partial charge in [0.15, 0.2) is 11.6 Å². The van der Waals surface area contributed by atoms with Crippen molar-refractivity contribution < 1.29 is 26.9 Å². The Morgan fingerprint density at radius 2 is 1.79 bits per heavy atom. The average molecular weight is 452 g/mol. The van der Waals surface area contributed by atoms with Gasteiger partial charge in [-0.05, 0) is 18.2 Å². The van der Waals surface area contributed by atoms with E-state index in [-0.39, 0.29) is 47.4 Å². The third kappa shape index (κ3) is 5.38. The Labute approximate surface area is 172 Å². The molecule has 1 atom stereocenters. The van der Waals surface area contributed by atoms with Gasteiger partial charge in [0.05, 0.1) is 16.9 Å². The number of nitrogens with two attached hydrogens (primary N) is 1. The standard InChI is InChI=1S/C17H19F2N3O5S.ClH/c1-3-21(28(25,26)12-6-4-11(5-7-12)22(23)24)10-16(20)13-8-15(19)17(27-2)9-14(13)18;/h4-9,16H,3,10,20H2,1-2H3;1H/t16-;/m1./s1. The highest BCUT2D eigenvalue weighted by atomic mass is 35.5. The maximum atomic E-state index is 14.2. The van der Waals surface area contributed by atoms with Gasteiger partial charge in [0, 0.05) is 42.9 Å². The van der Waals surface area contributed by atoms with Crippen LogP contribution in [0.2, 0.25) is 0 Å². The van der Waals surface area contributed by atoms with Crippen LogP contribution in [-0.4, -0.2) is 37.8 Å². The molecule has 2 rings (SSSR count). The van der Waals surface area contributed by atoms with Gasteiger partial charge in [0.25, 0.3) is 5.69 Å². The minimum absolute atomic E-state index is 0.